The molecule has 0 unspecified atom stereocenters. The second kappa shape index (κ2) is 10.1. The summed E-state index contributed by atoms with van der Waals surface area (Å²) in [6.45, 7) is 2.01. The number of aliphatic hydroxyl groups excluding tert-OH is 1. The summed E-state index contributed by atoms with van der Waals surface area (Å²) < 4.78 is 36.8. The van der Waals surface area contributed by atoms with Crippen molar-refractivity contribution in [2.75, 3.05) is 26.9 Å². The van der Waals surface area contributed by atoms with Crippen LogP contribution in [0.4, 0.5) is 4.39 Å². The normalized spacial score (nSPS) is 21.0. The predicted octanol–water partition coefficient (Wildman–Crippen LogP) is 1.93. The Morgan fingerprint density at radius 1 is 1.24 bits per heavy atom. The van der Waals surface area contributed by atoms with E-state index in [-0.39, 0.29) is 18.0 Å². The van der Waals surface area contributed by atoms with Crippen LogP contribution in [0.1, 0.15) is 23.2 Å². The number of ether oxygens (including phenoxy) is 4. The van der Waals surface area contributed by atoms with Gasteiger partial charge in [-0.25, -0.2) is 9.37 Å². The first kappa shape index (κ1) is 22.9. The molecule has 0 aliphatic carbocycles. The van der Waals surface area contributed by atoms with Crippen molar-refractivity contribution < 1.29 is 28.4 Å². The Labute approximate surface area is 196 Å². The molecule has 2 aliphatic heterocycles. The number of methoxy groups -OCH3 is 1. The molecular formula is C24H27FN4O5. The molecule has 1 fully saturated rings. The summed E-state index contributed by atoms with van der Waals surface area (Å²) >= 11 is 0. The van der Waals surface area contributed by atoms with Crippen LogP contribution in [0.2, 0.25) is 0 Å². The summed E-state index contributed by atoms with van der Waals surface area (Å²) in [6.07, 6.45) is 2.94. The number of nitrogens with one attached hydrogen (secondary N) is 1. The average Bonchev–Trinajstić information content (AvgIpc) is 2.89. The van der Waals surface area contributed by atoms with E-state index in [1.807, 2.05) is 0 Å². The number of pyridine rings is 3. The molecule has 0 amide bonds. The summed E-state index contributed by atoms with van der Waals surface area (Å²) in [7, 11) is 1.49. The molecule has 0 radical (unpaired) electrons. The van der Waals surface area contributed by atoms with E-state index in [1.54, 1.807) is 18.3 Å². The predicted molar refractivity (Wildman–Crippen MR) is 120 cm³/mol. The van der Waals surface area contributed by atoms with Gasteiger partial charge in [-0.05, 0) is 30.5 Å². The largest absolute Gasteiger partial charge is 0.492 e. The highest BCUT2D eigenvalue weighted by molar-refractivity contribution is 5.78. The lowest BCUT2D eigenvalue weighted by atomic mass is 10.1. The van der Waals surface area contributed by atoms with Crippen LogP contribution in [0.15, 0.2) is 30.6 Å². The summed E-state index contributed by atoms with van der Waals surface area (Å²) in [6, 6.07) is 5.36. The zero-order valence-electron chi connectivity index (χ0n) is 18.9. The fraction of sp³-hybridized carbons (Fsp3) is 0.458. The molecule has 9 nitrogen and oxygen atoms in total. The SMILES string of the molecule is COc1ccc2ncc(F)c(C[C@H](O)C3OCC(NCc4cc5c(cn4)OCCC5)CO3)c2n1. The molecular weight excluding hydrogens is 443 g/mol. The monoisotopic (exact) mass is 470 g/mol. The van der Waals surface area contributed by atoms with E-state index in [0.717, 1.165) is 37.1 Å². The third-order valence-corrected chi connectivity index (χ3v) is 6.02. The van der Waals surface area contributed by atoms with Gasteiger partial charge in [0.05, 0.1) is 62.1 Å². The second-order valence-corrected chi connectivity index (χ2v) is 8.43. The van der Waals surface area contributed by atoms with Crippen LogP contribution in [-0.2, 0) is 28.9 Å². The molecule has 3 aromatic heterocycles. The Morgan fingerprint density at radius 2 is 2.09 bits per heavy atom. The molecule has 5 heterocycles. The highest BCUT2D eigenvalue weighted by Gasteiger charge is 2.29. The van der Waals surface area contributed by atoms with Gasteiger partial charge in [0.2, 0.25) is 5.88 Å². The number of aliphatic hydroxyl groups is 1. The van der Waals surface area contributed by atoms with E-state index < -0.39 is 18.2 Å². The van der Waals surface area contributed by atoms with Crippen molar-refractivity contribution in [1.29, 1.82) is 0 Å². The van der Waals surface area contributed by atoms with Crippen molar-refractivity contribution in [3.05, 3.63) is 53.2 Å². The van der Waals surface area contributed by atoms with Crippen molar-refractivity contribution in [3.8, 4) is 11.6 Å². The third-order valence-electron chi connectivity index (χ3n) is 6.02. The lowest BCUT2D eigenvalue weighted by Crippen LogP contribution is -2.48. The number of hydrogen-bond acceptors (Lipinski definition) is 9. The van der Waals surface area contributed by atoms with Crippen LogP contribution in [0, 0.1) is 5.82 Å². The quantitative estimate of drug-likeness (QED) is 0.536. The molecule has 0 bridgehead atoms. The fourth-order valence-electron chi connectivity index (χ4n) is 4.20. The molecule has 3 aromatic rings. The maximum atomic E-state index is 14.6. The molecule has 180 valence electrons. The zero-order valence-corrected chi connectivity index (χ0v) is 18.9. The van der Waals surface area contributed by atoms with E-state index in [1.165, 1.54) is 12.7 Å². The number of aromatic nitrogens is 3. The van der Waals surface area contributed by atoms with Crippen LogP contribution >= 0.6 is 0 Å². The first-order valence-electron chi connectivity index (χ1n) is 11.3. The summed E-state index contributed by atoms with van der Waals surface area (Å²) in [4.78, 5) is 12.8. The van der Waals surface area contributed by atoms with Crippen LogP contribution in [0.5, 0.6) is 11.6 Å². The van der Waals surface area contributed by atoms with Crippen molar-refractivity contribution in [3.63, 3.8) is 0 Å². The molecule has 0 saturated carbocycles. The van der Waals surface area contributed by atoms with Gasteiger partial charge in [-0.1, -0.05) is 0 Å². The number of aryl methyl sites for hydroxylation is 1. The second-order valence-electron chi connectivity index (χ2n) is 8.43. The highest BCUT2D eigenvalue weighted by atomic mass is 19.1. The Morgan fingerprint density at radius 3 is 2.91 bits per heavy atom. The molecule has 1 saturated heterocycles. The lowest BCUT2D eigenvalue weighted by Gasteiger charge is -2.32. The maximum Gasteiger partial charge on any atom is 0.213 e. The van der Waals surface area contributed by atoms with Gasteiger partial charge in [-0.2, -0.15) is 0 Å². The van der Waals surface area contributed by atoms with Crippen LogP contribution in [0.25, 0.3) is 11.0 Å². The van der Waals surface area contributed by atoms with Gasteiger partial charge in [0.25, 0.3) is 0 Å². The van der Waals surface area contributed by atoms with Gasteiger partial charge in [0.15, 0.2) is 6.29 Å². The van der Waals surface area contributed by atoms with Crippen LogP contribution in [0.3, 0.4) is 0 Å². The topological polar surface area (TPSA) is 108 Å². The maximum absolute atomic E-state index is 14.6. The van der Waals surface area contributed by atoms with Crippen molar-refractivity contribution in [2.24, 2.45) is 0 Å². The molecule has 0 aromatic carbocycles. The Balaban J connectivity index is 1.16. The van der Waals surface area contributed by atoms with Gasteiger partial charge in [0.1, 0.15) is 17.7 Å². The molecule has 10 heteroatoms. The van der Waals surface area contributed by atoms with E-state index in [0.29, 0.717) is 36.7 Å². The summed E-state index contributed by atoms with van der Waals surface area (Å²) in [5.41, 5.74) is 3.21. The minimum absolute atomic E-state index is 0.0328. The van der Waals surface area contributed by atoms with Crippen molar-refractivity contribution in [2.45, 2.75) is 44.2 Å². The van der Waals surface area contributed by atoms with Crippen LogP contribution < -0.4 is 14.8 Å². The number of rotatable bonds is 7. The van der Waals surface area contributed by atoms with Gasteiger partial charge >= 0.3 is 0 Å². The first-order chi connectivity index (χ1) is 16.6. The van der Waals surface area contributed by atoms with Gasteiger partial charge in [-0.3, -0.25) is 9.97 Å². The van der Waals surface area contributed by atoms with Crippen molar-refractivity contribution in [1.82, 2.24) is 20.3 Å². The minimum Gasteiger partial charge on any atom is -0.492 e. The summed E-state index contributed by atoms with van der Waals surface area (Å²) in [5, 5.41) is 14.1. The minimum atomic E-state index is -1.07. The standard InChI is InChI=1S/C24H27FN4O5/c1-31-22-5-4-19-23(29-22)17(18(25)10-28-19)8-20(30)24-33-12-16(13-34-24)26-9-15-7-14-3-2-6-32-21(14)11-27-15/h4-5,7,10-11,16,20,24,26,30H,2-3,6,8-9,12-13H2,1H3/t16?,20-,24?/m0/s1. The van der Waals surface area contributed by atoms with E-state index in [9.17, 15) is 9.50 Å². The molecule has 2 N–H and O–H groups in total. The molecule has 1 atom stereocenters. The highest BCUT2D eigenvalue weighted by Crippen LogP contribution is 2.25. The smallest absolute Gasteiger partial charge is 0.213 e. The van der Waals surface area contributed by atoms with E-state index >= 15 is 0 Å². The van der Waals surface area contributed by atoms with Crippen molar-refractivity contribution >= 4 is 11.0 Å². The average molecular weight is 471 g/mol. The fourth-order valence-corrected chi connectivity index (χ4v) is 4.20. The number of nitrogens with zero attached hydrogens (tertiary/aromatic N) is 3. The number of halogens is 1. The van der Waals surface area contributed by atoms with Crippen LogP contribution in [-0.4, -0.2) is 65.4 Å². The molecule has 2 aliphatic rings. The zero-order chi connectivity index (χ0) is 23.5. The molecule has 34 heavy (non-hydrogen) atoms. The van der Waals surface area contributed by atoms with Gasteiger partial charge in [0, 0.05) is 24.6 Å². The summed E-state index contributed by atoms with van der Waals surface area (Å²) in [5.74, 6) is 0.657. The Kier molecular flexibility index (Phi) is 6.82. The van der Waals surface area contributed by atoms with E-state index in [2.05, 4.69) is 26.3 Å². The van der Waals surface area contributed by atoms with Gasteiger partial charge in [-0.15, -0.1) is 0 Å². The number of hydrogen-bond donors (Lipinski definition) is 2. The Bertz CT molecular complexity index is 1160. The third kappa shape index (κ3) is 4.95. The van der Waals surface area contributed by atoms with E-state index in [4.69, 9.17) is 18.9 Å². The van der Waals surface area contributed by atoms with Gasteiger partial charge < -0.3 is 29.4 Å². The Hall–Kier alpha value is -2.92. The first-order valence-corrected chi connectivity index (χ1v) is 11.3. The molecule has 0 spiro atoms. The lowest BCUT2D eigenvalue weighted by molar-refractivity contribution is -0.230. The molecule has 5 rings (SSSR count). The number of fused-ring (bicyclic) bond motifs is 2.